The van der Waals surface area contributed by atoms with Gasteiger partial charge in [-0.3, -0.25) is 4.99 Å². The second-order valence-electron chi connectivity index (χ2n) is 3.07. The largest absolute Gasteiger partial charge is 0.394 e. The highest BCUT2D eigenvalue weighted by Gasteiger charge is 2.32. The summed E-state index contributed by atoms with van der Waals surface area (Å²) in [7, 11) is 0. The lowest BCUT2D eigenvalue weighted by Gasteiger charge is -2.19. The molecule has 0 fully saturated rings. The smallest absolute Gasteiger partial charge is 0.107 e. The summed E-state index contributed by atoms with van der Waals surface area (Å²) in [6.45, 7) is 1.98. The SMILES string of the molecule is CCC1=NC(CO)(CO)CC1. The molecule has 0 aromatic rings. The van der Waals surface area contributed by atoms with E-state index in [4.69, 9.17) is 10.2 Å². The molecule has 0 unspecified atom stereocenters. The van der Waals surface area contributed by atoms with Crippen LogP contribution in [0.5, 0.6) is 0 Å². The summed E-state index contributed by atoms with van der Waals surface area (Å²) in [4.78, 5) is 4.29. The van der Waals surface area contributed by atoms with Crippen LogP contribution in [0.25, 0.3) is 0 Å². The summed E-state index contributed by atoms with van der Waals surface area (Å²) < 4.78 is 0. The summed E-state index contributed by atoms with van der Waals surface area (Å²) in [5, 5.41) is 17.9. The second-order valence-corrected chi connectivity index (χ2v) is 3.07. The van der Waals surface area contributed by atoms with Gasteiger partial charge in [-0.15, -0.1) is 0 Å². The molecule has 3 heteroatoms. The van der Waals surface area contributed by atoms with Crippen molar-refractivity contribution >= 4 is 5.71 Å². The third kappa shape index (κ3) is 1.60. The fourth-order valence-electron chi connectivity index (χ4n) is 1.36. The van der Waals surface area contributed by atoms with Gasteiger partial charge in [0.1, 0.15) is 5.54 Å². The molecule has 64 valence electrons. The Morgan fingerprint density at radius 2 is 2.09 bits per heavy atom. The van der Waals surface area contributed by atoms with Crippen molar-refractivity contribution in [2.45, 2.75) is 31.7 Å². The van der Waals surface area contributed by atoms with E-state index < -0.39 is 5.54 Å². The van der Waals surface area contributed by atoms with Crippen LogP contribution in [0, 0.1) is 0 Å². The highest BCUT2D eigenvalue weighted by Crippen LogP contribution is 2.25. The molecule has 0 aromatic carbocycles. The van der Waals surface area contributed by atoms with Crippen molar-refractivity contribution in [3.63, 3.8) is 0 Å². The molecule has 0 bridgehead atoms. The van der Waals surface area contributed by atoms with Crippen LogP contribution in [-0.2, 0) is 0 Å². The second kappa shape index (κ2) is 3.32. The minimum absolute atomic E-state index is 0.0347. The van der Waals surface area contributed by atoms with Gasteiger partial charge in [-0.25, -0.2) is 0 Å². The first-order chi connectivity index (χ1) is 5.26. The molecule has 1 aliphatic rings. The summed E-state index contributed by atoms with van der Waals surface area (Å²) >= 11 is 0. The molecule has 11 heavy (non-hydrogen) atoms. The highest BCUT2D eigenvalue weighted by molar-refractivity contribution is 5.86. The Bertz CT molecular complexity index is 161. The minimum Gasteiger partial charge on any atom is -0.394 e. The zero-order valence-electron chi connectivity index (χ0n) is 6.88. The molecule has 0 atom stereocenters. The predicted octanol–water partition coefficient (Wildman–Crippen LogP) is 0.355. The third-order valence-electron chi connectivity index (χ3n) is 2.27. The monoisotopic (exact) mass is 157 g/mol. The third-order valence-corrected chi connectivity index (χ3v) is 2.27. The first kappa shape index (κ1) is 8.68. The predicted molar refractivity (Wildman–Crippen MR) is 43.9 cm³/mol. The van der Waals surface area contributed by atoms with Crippen molar-refractivity contribution in [2.24, 2.45) is 4.99 Å². The topological polar surface area (TPSA) is 52.8 Å². The van der Waals surface area contributed by atoms with Crippen molar-refractivity contribution in [3.05, 3.63) is 0 Å². The van der Waals surface area contributed by atoms with Crippen LogP contribution in [0.15, 0.2) is 4.99 Å². The molecule has 0 saturated heterocycles. The molecule has 0 aliphatic carbocycles. The van der Waals surface area contributed by atoms with Crippen molar-refractivity contribution in [1.82, 2.24) is 0 Å². The Balaban J connectivity index is 2.67. The van der Waals surface area contributed by atoms with Gasteiger partial charge in [0, 0.05) is 5.71 Å². The maximum absolute atomic E-state index is 8.96. The normalized spacial score (nSPS) is 21.9. The lowest BCUT2D eigenvalue weighted by Crippen LogP contribution is -2.32. The summed E-state index contributed by atoms with van der Waals surface area (Å²) in [6.07, 6.45) is 2.66. The van der Waals surface area contributed by atoms with Gasteiger partial charge in [0.15, 0.2) is 0 Å². The average molecular weight is 157 g/mol. The molecule has 1 aliphatic heterocycles. The average Bonchev–Trinajstić information content (AvgIpc) is 2.49. The van der Waals surface area contributed by atoms with E-state index in [0.29, 0.717) is 0 Å². The van der Waals surface area contributed by atoms with Crippen LogP contribution >= 0.6 is 0 Å². The molecule has 0 amide bonds. The van der Waals surface area contributed by atoms with Gasteiger partial charge in [0.05, 0.1) is 13.2 Å². The number of nitrogens with zero attached hydrogens (tertiary/aromatic N) is 1. The van der Waals surface area contributed by atoms with Crippen molar-refractivity contribution < 1.29 is 10.2 Å². The maximum Gasteiger partial charge on any atom is 0.107 e. The van der Waals surface area contributed by atoms with E-state index in [0.717, 1.165) is 25.0 Å². The fraction of sp³-hybridized carbons (Fsp3) is 0.875. The standard InChI is InChI=1S/C8H15NO2/c1-2-7-3-4-8(5-10,6-11)9-7/h10-11H,2-6H2,1H3. The molecule has 2 N–H and O–H groups in total. The van der Waals surface area contributed by atoms with E-state index in [1.165, 1.54) is 0 Å². The Morgan fingerprint density at radius 1 is 1.45 bits per heavy atom. The van der Waals surface area contributed by atoms with Crippen LogP contribution in [0.3, 0.4) is 0 Å². The zero-order chi connectivity index (χ0) is 8.32. The minimum atomic E-state index is -0.550. The Morgan fingerprint density at radius 3 is 2.36 bits per heavy atom. The Kier molecular flexibility index (Phi) is 2.62. The van der Waals surface area contributed by atoms with Crippen molar-refractivity contribution in [1.29, 1.82) is 0 Å². The van der Waals surface area contributed by atoms with Crippen LogP contribution in [0.2, 0.25) is 0 Å². The van der Waals surface area contributed by atoms with Crippen LogP contribution < -0.4 is 0 Å². The summed E-state index contributed by atoms with van der Waals surface area (Å²) in [6, 6.07) is 0. The molecule has 0 radical (unpaired) electrons. The van der Waals surface area contributed by atoms with Gasteiger partial charge in [-0.1, -0.05) is 6.92 Å². The number of aliphatic imine (C=N–C) groups is 1. The zero-order valence-corrected chi connectivity index (χ0v) is 6.88. The Hall–Kier alpha value is -0.410. The number of hydrogen-bond acceptors (Lipinski definition) is 3. The molecule has 1 heterocycles. The summed E-state index contributed by atoms with van der Waals surface area (Å²) in [5.41, 5.74) is 0.568. The van der Waals surface area contributed by atoms with Gasteiger partial charge in [-0.2, -0.15) is 0 Å². The highest BCUT2D eigenvalue weighted by atomic mass is 16.3. The lowest BCUT2D eigenvalue weighted by atomic mass is 9.99. The number of hydrogen-bond donors (Lipinski definition) is 2. The van der Waals surface area contributed by atoms with Crippen LogP contribution in [-0.4, -0.2) is 34.7 Å². The molecular weight excluding hydrogens is 142 g/mol. The first-order valence-electron chi connectivity index (χ1n) is 4.05. The van der Waals surface area contributed by atoms with Crippen LogP contribution in [0.4, 0.5) is 0 Å². The summed E-state index contributed by atoms with van der Waals surface area (Å²) in [5.74, 6) is 0. The molecule has 0 saturated carbocycles. The molecule has 1 rings (SSSR count). The molecule has 3 nitrogen and oxygen atoms in total. The first-order valence-corrected chi connectivity index (χ1v) is 4.05. The van der Waals surface area contributed by atoms with Gasteiger partial charge in [0.2, 0.25) is 0 Å². The van der Waals surface area contributed by atoms with E-state index in [-0.39, 0.29) is 13.2 Å². The molecule has 0 aromatic heterocycles. The molecule has 0 spiro atoms. The van der Waals surface area contributed by atoms with Gasteiger partial charge in [-0.05, 0) is 19.3 Å². The maximum atomic E-state index is 8.96. The number of rotatable bonds is 3. The van der Waals surface area contributed by atoms with Gasteiger partial charge >= 0.3 is 0 Å². The van der Waals surface area contributed by atoms with Crippen molar-refractivity contribution in [2.75, 3.05) is 13.2 Å². The van der Waals surface area contributed by atoms with E-state index in [1.807, 2.05) is 6.92 Å². The van der Waals surface area contributed by atoms with E-state index >= 15 is 0 Å². The number of aliphatic hydroxyl groups is 2. The fourth-order valence-corrected chi connectivity index (χ4v) is 1.36. The lowest BCUT2D eigenvalue weighted by molar-refractivity contribution is 0.124. The number of aliphatic hydroxyl groups excluding tert-OH is 2. The van der Waals surface area contributed by atoms with Gasteiger partial charge in [0.25, 0.3) is 0 Å². The van der Waals surface area contributed by atoms with Crippen molar-refractivity contribution in [3.8, 4) is 0 Å². The Labute approximate surface area is 66.8 Å². The van der Waals surface area contributed by atoms with E-state index in [2.05, 4.69) is 4.99 Å². The molecular formula is C8H15NO2. The van der Waals surface area contributed by atoms with E-state index in [9.17, 15) is 0 Å². The van der Waals surface area contributed by atoms with Crippen LogP contribution in [0.1, 0.15) is 26.2 Å². The van der Waals surface area contributed by atoms with Gasteiger partial charge < -0.3 is 10.2 Å². The quantitative estimate of drug-likeness (QED) is 0.621. The van der Waals surface area contributed by atoms with E-state index in [1.54, 1.807) is 0 Å².